The second-order valence-electron chi connectivity index (χ2n) is 17.4. The van der Waals surface area contributed by atoms with Crippen molar-refractivity contribution in [2.45, 2.75) is 26.5 Å². The van der Waals surface area contributed by atoms with Gasteiger partial charge in [0.2, 0.25) is 5.36 Å². The molecule has 3 heterocycles. The number of hydrogen-bond donors (Lipinski definition) is 2. The van der Waals surface area contributed by atoms with Crippen LogP contribution in [0.4, 0.5) is 11.5 Å². The molecule has 8 rings (SSSR count). The molecule has 0 atom stereocenters. The van der Waals surface area contributed by atoms with Crippen LogP contribution in [0.15, 0.2) is 114 Å². The molecule has 0 saturated heterocycles. The zero-order valence-electron chi connectivity index (χ0n) is 41.1. The Labute approximate surface area is 421 Å². The number of carbonyl (C=O) groups excluding carboxylic acids is 2. The van der Waals surface area contributed by atoms with Crippen LogP contribution in [-0.4, -0.2) is 119 Å². The van der Waals surface area contributed by atoms with E-state index in [2.05, 4.69) is 20.7 Å². The molecular weight excluding hydrogens is 940 g/mol. The average Bonchev–Trinajstić information content (AvgIpc) is 3.85. The lowest BCUT2D eigenvalue weighted by Gasteiger charge is -2.20. The highest BCUT2D eigenvalue weighted by Gasteiger charge is 2.22. The number of ether oxygens (including phenoxy) is 5. The number of aromatic nitrogens is 4. The lowest BCUT2D eigenvalue weighted by atomic mass is 9.89. The number of benzene rings is 5. The largest absolute Gasteiger partial charge is 0.545 e. The monoisotopic (exact) mass is 996 g/mol. The highest BCUT2D eigenvalue weighted by molar-refractivity contribution is 6.30. The number of amides is 1. The van der Waals surface area contributed by atoms with Gasteiger partial charge in [-0.2, -0.15) is 14.6 Å². The van der Waals surface area contributed by atoms with Crippen molar-refractivity contribution >= 4 is 51.7 Å². The van der Waals surface area contributed by atoms with E-state index in [0.717, 1.165) is 38.8 Å². The number of carboxylic acids is 1. The van der Waals surface area contributed by atoms with Gasteiger partial charge in [0.1, 0.15) is 55.7 Å². The lowest BCUT2D eigenvalue weighted by Crippen LogP contribution is -2.29. The van der Waals surface area contributed by atoms with Gasteiger partial charge in [0.15, 0.2) is 0 Å². The molecule has 374 valence electrons. The van der Waals surface area contributed by atoms with Crippen molar-refractivity contribution in [1.82, 2.24) is 29.5 Å². The van der Waals surface area contributed by atoms with E-state index < -0.39 is 11.9 Å². The van der Waals surface area contributed by atoms with Gasteiger partial charge in [0.05, 0.1) is 63.5 Å². The van der Waals surface area contributed by atoms with Crippen molar-refractivity contribution in [3.05, 3.63) is 137 Å². The minimum Gasteiger partial charge on any atom is -0.545 e. The minimum atomic E-state index is -1.40. The van der Waals surface area contributed by atoms with Crippen molar-refractivity contribution in [2.24, 2.45) is 0 Å². The number of halogens is 1. The van der Waals surface area contributed by atoms with E-state index in [1.54, 1.807) is 16.6 Å². The third-order valence-electron chi connectivity index (χ3n) is 11.5. The Morgan fingerprint density at radius 3 is 2.29 bits per heavy atom. The number of hydrogen-bond acceptors (Lipinski definition) is 14. The van der Waals surface area contributed by atoms with E-state index in [0.29, 0.717) is 96.8 Å². The summed E-state index contributed by atoms with van der Waals surface area (Å²) in [6.07, 6.45) is 1.46. The SMILES string of the molecule is CC(C)Oc1cc(Cl)ccc1CNc1cc(-c2ccc(OCCOCCOCCOCCNC(=O)c3ccc(-c4c5ccc(=[N+](C)C)cc-5oc5cc(N(C)C)ccc45)c(C(=O)[O-])c3)cc2)nc2ncnn12. The van der Waals surface area contributed by atoms with Crippen LogP contribution in [0.3, 0.4) is 0 Å². The van der Waals surface area contributed by atoms with Gasteiger partial charge in [0.25, 0.3) is 11.7 Å². The Bertz CT molecular complexity index is 3220. The summed E-state index contributed by atoms with van der Waals surface area (Å²) in [6, 6.07) is 31.4. The minimum absolute atomic E-state index is 0.00394. The maximum absolute atomic E-state index is 13.2. The summed E-state index contributed by atoms with van der Waals surface area (Å²) in [4.78, 5) is 36.8. The van der Waals surface area contributed by atoms with Crippen LogP contribution in [0.1, 0.15) is 40.1 Å². The highest BCUT2D eigenvalue weighted by Crippen LogP contribution is 2.42. The Kier molecular flexibility index (Phi) is 16.6. The van der Waals surface area contributed by atoms with E-state index in [-0.39, 0.29) is 30.4 Å². The Hall–Kier alpha value is -7.57. The second kappa shape index (κ2) is 23.6. The van der Waals surface area contributed by atoms with Crippen molar-refractivity contribution in [1.29, 1.82) is 0 Å². The molecule has 0 unspecified atom stereocenters. The van der Waals surface area contributed by atoms with Crippen molar-refractivity contribution < 1.29 is 42.8 Å². The third kappa shape index (κ3) is 12.5. The predicted molar refractivity (Wildman–Crippen MR) is 275 cm³/mol. The molecule has 2 N–H and O–H groups in total. The molecule has 0 bridgehead atoms. The maximum Gasteiger partial charge on any atom is 0.254 e. The van der Waals surface area contributed by atoms with Gasteiger partial charge in [-0.05, 0) is 86.1 Å². The van der Waals surface area contributed by atoms with Gasteiger partial charge in [-0.3, -0.25) is 4.79 Å². The fraction of sp³-hybridized carbons (Fsp3) is 0.296. The summed E-state index contributed by atoms with van der Waals surface area (Å²) < 4.78 is 38.9. The molecule has 72 heavy (non-hydrogen) atoms. The molecular formula is C54H57ClN8O9. The molecule has 1 amide bonds. The smallest absolute Gasteiger partial charge is 0.254 e. The standard InChI is InChI=1S/C54H57ClN8O9/c1-34(2)71-47-28-38(55)11-7-37(47)32-57-50-31-46(60-54-58-33-59-63(50)54)35-8-14-41(15-9-35)70-26-25-69-24-23-68-22-21-67-20-19-56-52(64)36-10-16-42(45(27-36)53(65)66)51-43-17-12-39(61(3)4)29-48(43)72-49-30-40(62(5)6)13-18-44(49)51/h7-18,27-31,33-34H,19-26,32H2,1-6H3,(H2-,56,57,58,59,60,64,65,66). The number of carboxylic acid groups (broad SMARTS) is 1. The summed E-state index contributed by atoms with van der Waals surface area (Å²) >= 11 is 6.25. The molecule has 0 radical (unpaired) electrons. The van der Waals surface area contributed by atoms with Gasteiger partial charge in [0, 0.05) is 94.9 Å². The first-order chi connectivity index (χ1) is 34.8. The topological polar surface area (TPSA) is 190 Å². The first-order valence-corrected chi connectivity index (χ1v) is 23.9. The number of nitrogens with zero attached hydrogens (tertiary/aromatic N) is 6. The Morgan fingerprint density at radius 2 is 1.57 bits per heavy atom. The van der Waals surface area contributed by atoms with E-state index >= 15 is 0 Å². The molecule has 1 aliphatic carbocycles. The van der Waals surface area contributed by atoms with Crippen LogP contribution in [0.25, 0.3) is 50.5 Å². The molecule has 1 aliphatic heterocycles. The number of fused-ring (bicyclic) bond motifs is 3. The summed E-state index contributed by atoms with van der Waals surface area (Å²) in [5.41, 5.74) is 5.94. The zero-order valence-corrected chi connectivity index (χ0v) is 41.8. The number of nitrogens with one attached hydrogen (secondary N) is 2. The summed E-state index contributed by atoms with van der Waals surface area (Å²) in [6.45, 7) is 6.99. The van der Waals surface area contributed by atoms with Gasteiger partial charge in [-0.15, -0.1) is 0 Å². The fourth-order valence-corrected chi connectivity index (χ4v) is 8.08. The molecule has 18 heteroatoms. The van der Waals surface area contributed by atoms with Crippen LogP contribution in [0.2, 0.25) is 5.02 Å². The normalized spacial score (nSPS) is 11.4. The molecule has 0 spiro atoms. The van der Waals surface area contributed by atoms with Crippen LogP contribution < -0.4 is 40.0 Å². The molecule has 0 fully saturated rings. The zero-order chi connectivity index (χ0) is 50.7. The Balaban J connectivity index is 0.743. The van der Waals surface area contributed by atoms with E-state index in [4.69, 9.17) is 44.7 Å². The van der Waals surface area contributed by atoms with Crippen LogP contribution in [-0.2, 0) is 20.8 Å². The summed E-state index contributed by atoms with van der Waals surface area (Å²) in [5.74, 6) is 1.33. The molecule has 17 nitrogen and oxygen atoms in total. The quantitative estimate of drug-likeness (QED) is 0.0392. The van der Waals surface area contributed by atoms with E-state index in [9.17, 15) is 14.7 Å². The van der Waals surface area contributed by atoms with Crippen LogP contribution in [0.5, 0.6) is 11.5 Å². The van der Waals surface area contributed by atoms with Gasteiger partial charge in [-0.25, -0.2) is 9.56 Å². The van der Waals surface area contributed by atoms with Gasteiger partial charge in [-0.1, -0.05) is 23.7 Å². The first kappa shape index (κ1) is 50.8. The number of rotatable bonds is 23. The lowest BCUT2D eigenvalue weighted by molar-refractivity contribution is -0.254. The second-order valence-corrected chi connectivity index (χ2v) is 17.8. The average molecular weight is 998 g/mol. The van der Waals surface area contributed by atoms with Crippen molar-refractivity contribution in [2.75, 3.05) is 91.2 Å². The Morgan fingerprint density at radius 1 is 0.833 bits per heavy atom. The van der Waals surface area contributed by atoms with Gasteiger partial charge < -0.3 is 53.5 Å². The fourth-order valence-electron chi connectivity index (χ4n) is 7.92. The maximum atomic E-state index is 13.2. The number of carbonyl (C=O) groups is 2. The highest BCUT2D eigenvalue weighted by atomic mass is 35.5. The van der Waals surface area contributed by atoms with Crippen molar-refractivity contribution in [3.63, 3.8) is 0 Å². The molecule has 6 aromatic rings. The molecule has 2 aliphatic rings. The van der Waals surface area contributed by atoms with Crippen molar-refractivity contribution in [3.8, 4) is 45.2 Å². The molecule has 2 aromatic heterocycles. The van der Waals surface area contributed by atoms with Gasteiger partial charge >= 0.3 is 0 Å². The van der Waals surface area contributed by atoms with Crippen LogP contribution in [0, 0.1) is 0 Å². The first-order valence-electron chi connectivity index (χ1n) is 23.5. The summed E-state index contributed by atoms with van der Waals surface area (Å²) in [7, 11) is 7.75. The predicted octanol–water partition coefficient (Wildman–Crippen LogP) is 6.68. The number of aromatic carboxylic acids is 1. The third-order valence-corrected chi connectivity index (χ3v) is 11.8. The molecule has 0 saturated carbocycles. The van der Waals surface area contributed by atoms with Crippen LogP contribution >= 0.6 is 11.6 Å². The van der Waals surface area contributed by atoms with E-state index in [1.165, 1.54) is 12.4 Å². The number of anilines is 2. The molecule has 4 aromatic carbocycles. The van der Waals surface area contributed by atoms with E-state index in [1.807, 2.05) is 136 Å². The summed E-state index contributed by atoms with van der Waals surface area (Å²) in [5, 5.41) is 25.5.